The van der Waals surface area contributed by atoms with Gasteiger partial charge in [0.05, 0.1) is 45.9 Å². The van der Waals surface area contributed by atoms with E-state index in [1.165, 1.54) is 0 Å². The number of nitrogens with zero attached hydrogens (tertiary/aromatic N) is 2. The number of hydrazone groups is 1. The summed E-state index contributed by atoms with van der Waals surface area (Å²) < 4.78 is 21.7. The molecule has 3 aromatic carbocycles. The first-order chi connectivity index (χ1) is 16.2. The van der Waals surface area contributed by atoms with E-state index >= 15 is 0 Å². The molecule has 0 saturated heterocycles. The van der Waals surface area contributed by atoms with Crippen molar-refractivity contribution in [1.82, 2.24) is 0 Å². The molecule has 6 nitrogen and oxygen atoms in total. The van der Waals surface area contributed by atoms with E-state index in [9.17, 15) is 0 Å². The van der Waals surface area contributed by atoms with Crippen LogP contribution in [0.1, 0.15) is 23.6 Å². The van der Waals surface area contributed by atoms with Crippen LogP contribution in [0.5, 0.6) is 23.0 Å². The fraction of sp³-hybridized carbons (Fsp3) is 0.222. The number of rotatable bonds is 8. The Labute approximate surface area is 194 Å². The maximum atomic E-state index is 5.53. The zero-order valence-electron chi connectivity index (χ0n) is 19.3. The first-order valence-corrected chi connectivity index (χ1v) is 10.7. The first-order valence-electron chi connectivity index (χ1n) is 10.7. The Morgan fingerprint density at radius 1 is 0.727 bits per heavy atom. The number of hydrogen-bond acceptors (Lipinski definition) is 6. The molecular formula is C27H28N2O4. The van der Waals surface area contributed by atoms with Crippen LogP contribution in [-0.4, -0.2) is 34.2 Å². The van der Waals surface area contributed by atoms with Crippen LogP contribution in [0.3, 0.4) is 0 Å². The molecule has 0 N–H and O–H groups in total. The predicted molar refractivity (Wildman–Crippen MR) is 132 cm³/mol. The molecule has 3 aromatic rings. The van der Waals surface area contributed by atoms with E-state index in [-0.39, 0.29) is 6.04 Å². The molecule has 33 heavy (non-hydrogen) atoms. The summed E-state index contributed by atoms with van der Waals surface area (Å²) in [5.74, 6) is 2.82. The molecule has 1 aliphatic rings. The molecule has 6 heteroatoms. The third kappa shape index (κ3) is 4.80. The summed E-state index contributed by atoms with van der Waals surface area (Å²) in [5.41, 5.74) is 4.13. The molecule has 1 unspecified atom stereocenters. The van der Waals surface area contributed by atoms with Gasteiger partial charge in [-0.2, -0.15) is 5.10 Å². The molecule has 0 radical (unpaired) electrons. The average molecular weight is 445 g/mol. The fourth-order valence-corrected chi connectivity index (χ4v) is 3.92. The van der Waals surface area contributed by atoms with Crippen molar-refractivity contribution in [3.8, 4) is 23.0 Å². The minimum Gasteiger partial charge on any atom is -0.493 e. The first kappa shape index (κ1) is 22.3. The number of methoxy groups -OCH3 is 4. The third-order valence-corrected chi connectivity index (χ3v) is 5.62. The third-order valence-electron chi connectivity index (χ3n) is 5.62. The number of hydrogen-bond donors (Lipinski definition) is 0. The smallest absolute Gasteiger partial charge is 0.161 e. The fourth-order valence-electron chi connectivity index (χ4n) is 3.92. The molecule has 1 heterocycles. The topological polar surface area (TPSA) is 52.5 Å². The molecule has 1 aliphatic heterocycles. The van der Waals surface area contributed by atoms with Crippen molar-refractivity contribution in [2.24, 2.45) is 5.10 Å². The lowest BCUT2D eigenvalue weighted by molar-refractivity contribution is 0.354. The zero-order valence-corrected chi connectivity index (χ0v) is 19.3. The lowest BCUT2D eigenvalue weighted by Crippen LogP contribution is -2.18. The van der Waals surface area contributed by atoms with Gasteiger partial charge in [-0.25, -0.2) is 0 Å². The largest absolute Gasteiger partial charge is 0.493 e. The van der Waals surface area contributed by atoms with Crippen molar-refractivity contribution in [3.05, 3.63) is 83.9 Å². The Kier molecular flexibility index (Phi) is 6.83. The van der Waals surface area contributed by atoms with Crippen molar-refractivity contribution >= 4 is 17.5 Å². The highest BCUT2D eigenvalue weighted by Crippen LogP contribution is 2.39. The van der Waals surface area contributed by atoms with Gasteiger partial charge >= 0.3 is 0 Å². The van der Waals surface area contributed by atoms with Crippen LogP contribution >= 0.6 is 0 Å². The van der Waals surface area contributed by atoms with Gasteiger partial charge in [-0.3, -0.25) is 5.01 Å². The van der Waals surface area contributed by atoms with E-state index in [4.69, 9.17) is 24.0 Å². The van der Waals surface area contributed by atoms with E-state index in [1.807, 2.05) is 54.6 Å². The molecule has 170 valence electrons. The van der Waals surface area contributed by atoms with E-state index < -0.39 is 0 Å². The van der Waals surface area contributed by atoms with Gasteiger partial charge in [0, 0.05) is 6.42 Å². The standard InChI is InChI=1S/C27H28N2O4/c1-30-24-14-11-19(16-26(24)32-3)10-13-21-18-23(29(28-21)22-8-6-5-7-9-22)20-12-15-25(31-2)27(17-20)33-4/h5-17,23H,18H2,1-4H3/b13-10+. The van der Waals surface area contributed by atoms with Gasteiger partial charge in [0.2, 0.25) is 0 Å². The normalized spacial score (nSPS) is 15.5. The van der Waals surface area contributed by atoms with Crippen molar-refractivity contribution < 1.29 is 18.9 Å². The van der Waals surface area contributed by atoms with Crippen molar-refractivity contribution in [1.29, 1.82) is 0 Å². The highest BCUT2D eigenvalue weighted by molar-refractivity contribution is 6.01. The Hall–Kier alpha value is -3.93. The Morgan fingerprint density at radius 3 is 2.03 bits per heavy atom. The Balaban J connectivity index is 1.65. The maximum Gasteiger partial charge on any atom is 0.161 e. The second-order valence-corrected chi connectivity index (χ2v) is 7.55. The maximum absolute atomic E-state index is 5.53. The Bertz CT molecular complexity index is 1160. The van der Waals surface area contributed by atoms with Crippen LogP contribution < -0.4 is 24.0 Å². The molecule has 0 aromatic heterocycles. The average Bonchev–Trinajstić information content (AvgIpc) is 3.31. The van der Waals surface area contributed by atoms with E-state index in [0.717, 1.165) is 28.9 Å². The van der Waals surface area contributed by atoms with Gasteiger partial charge in [-0.1, -0.05) is 36.4 Å². The second kappa shape index (κ2) is 10.1. The number of ether oxygens (including phenoxy) is 4. The molecule has 0 saturated carbocycles. The molecule has 0 bridgehead atoms. The lowest BCUT2D eigenvalue weighted by Gasteiger charge is -2.24. The summed E-state index contributed by atoms with van der Waals surface area (Å²) >= 11 is 0. The van der Waals surface area contributed by atoms with E-state index in [2.05, 4.69) is 29.3 Å². The number of anilines is 1. The number of para-hydroxylation sites is 1. The molecule has 4 rings (SSSR count). The molecular weight excluding hydrogens is 416 g/mol. The van der Waals surface area contributed by atoms with Crippen molar-refractivity contribution in [2.75, 3.05) is 33.4 Å². The molecule has 0 spiro atoms. The van der Waals surface area contributed by atoms with Crippen LogP contribution in [0, 0.1) is 0 Å². The van der Waals surface area contributed by atoms with Gasteiger partial charge in [-0.15, -0.1) is 0 Å². The van der Waals surface area contributed by atoms with Crippen LogP contribution in [0.25, 0.3) is 6.08 Å². The highest BCUT2D eigenvalue weighted by atomic mass is 16.5. The van der Waals surface area contributed by atoms with Crippen molar-refractivity contribution in [2.45, 2.75) is 12.5 Å². The minimum atomic E-state index is 0.0391. The summed E-state index contributed by atoms with van der Waals surface area (Å²) in [5, 5.41) is 7.01. The van der Waals surface area contributed by atoms with Gasteiger partial charge < -0.3 is 18.9 Å². The molecule has 1 atom stereocenters. The molecule has 0 fully saturated rings. The zero-order chi connectivity index (χ0) is 23.2. The summed E-state index contributed by atoms with van der Waals surface area (Å²) in [6, 6.07) is 22.1. The predicted octanol–water partition coefficient (Wildman–Crippen LogP) is 5.74. The molecule has 0 aliphatic carbocycles. The molecule has 0 amide bonds. The van der Waals surface area contributed by atoms with Gasteiger partial charge in [0.1, 0.15) is 0 Å². The summed E-state index contributed by atoms with van der Waals surface area (Å²) in [6.07, 6.45) is 4.85. The summed E-state index contributed by atoms with van der Waals surface area (Å²) in [6.45, 7) is 0. The highest BCUT2D eigenvalue weighted by Gasteiger charge is 2.29. The minimum absolute atomic E-state index is 0.0391. The van der Waals surface area contributed by atoms with Gasteiger partial charge in [0.25, 0.3) is 0 Å². The van der Waals surface area contributed by atoms with Crippen LogP contribution in [0.2, 0.25) is 0 Å². The monoisotopic (exact) mass is 444 g/mol. The van der Waals surface area contributed by atoms with Gasteiger partial charge in [-0.05, 0) is 53.6 Å². The Morgan fingerprint density at radius 2 is 1.36 bits per heavy atom. The second-order valence-electron chi connectivity index (χ2n) is 7.55. The van der Waals surface area contributed by atoms with E-state index in [0.29, 0.717) is 23.0 Å². The van der Waals surface area contributed by atoms with Crippen molar-refractivity contribution in [3.63, 3.8) is 0 Å². The van der Waals surface area contributed by atoms with E-state index in [1.54, 1.807) is 28.4 Å². The van der Waals surface area contributed by atoms with Crippen LogP contribution in [-0.2, 0) is 0 Å². The number of allylic oxidation sites excluding steroid dienone is 1. The lowest BCUT2D eigenvalue weighted by atomic mass is 10.00. The SMILES string of the molecule is COc1ccc(/C=C/C2=NN(c3ccccc3)C(c3ccc(OC)c(OC)c3)C2)cc1OC. The number of benzene rings is 3. The summed E-state index contributed by atoms with van der Waals surface area (Å²) in [7, 11) is 6.56. The van der Waals surface area contributed by atoms with Crippen LogP contribution in [0.4, 0.5) is 5.69 Å². The van der Waals surface area contributed by atoms with Crippen LogP contribution in [0.15, 0.2) is 77.9 Å². The quantitative estimate of drug-likeness (QED) is 0.443. The summed E-state index contributed by atoms with van der Waals surface area (Å²) in [4.78, 5) is 0. The van der Waals surface area contributed by atoms with Gasteiger partial charge in [0.15, 0.2) is 23.0 Å².